The molecule has 0 N–H and O–H groups in total. The molecule has 4 rings (SSSR count). The van der Waals surface area contributed by atoms with E-state index < -0.39 is 23.6 Å². The normalized spacial score (nSPS) is 15.8. The second-order valence-corrected chi connectivity index (χ2v) is 8.42. The molecule has 0 bridgehead atoms. The number of ether oxygens (including phenoxy) is 1. The average molecular weight is 456 g/mol. The van der Waals surface area contributed by atoms with Crippen LogP contribution in [0.3, 0.4) is 0 Å². The zero-order chi connectivity index (χ0) is 22.1. The number of ketones is 1. The molecule has 0 saturated carbocycles. The summed E-state index contributed by atoms with van der Waals surface area (Å²) in [6.45, 7) is 3.45. The Kier molecular flexibility index (Phi) is 7.62. The molecule has 1 aromatic heterocycles. The van der Waals surface area contributed by atoms with Crippen LogP contribution >= 0.6 is 11.3 Å². The van der Waals surface area contributed by atoms with Crippen LogP contribution < -0.4 is 44.3 Å². The van der Waals surface area contributed by atoms with Gasteiger partial charge in [0, 0.05) is 22.7 Å². The molecule has 0 saturated heterocycles. The quantitative estimate of drug-likeness (QED) is 0.527. The molecule has 0 fully saturated rings. The summed E-state index contributed by atoms with van der Waals surface area (Å²) in [6.07, 6.45) is 0. The van der Waals surface area contributed by atoms with E-state index in [4.69, 9.17) is 4.74 Å². The first-order chi connectivity index (χ1) is 14.9. The first-order valence-corrected chi connectivity index (χ1v) is 10.9. The second-order valence-electron chi connectivity index (χ2n) is 7.64. The fourth-order valence-electron chi connectivity index (χ4n) is 3.85. The molecule has 5 nitrogen and oxygen atoms in total. The van der Waals surface area contributed by atoms with Crippen molar-refractivity contribution in [1.29, 1.82) is 0 Å². The second kappa shape index (κ2) is 10.0. The first-order valence-electron chi connectivity index (χ1n) is 9.98. The van der Waals surface area contributed by atoms with Gasteiger partial charge in [0.05, 0.1) is 13.2 Å². The minimum absolute atomic E-state index is 0. The molecule has 1 amide bonds. The minimum atomic E-state index is -0.835. The molecule has 0 spiro atoms. The van der Waals surface area contributed by atoms with Crippen LogP contribution in [0.25, 0.3) is 11.1 Å². The van der Waals surface area contributed by atoms with Gasteiger partial charge in [0.25, 0.3) is 0 Å². The predicted molar refractivity (Wildman–Crippen MR) is 120 cm³/mol. The number of rotatable bonds is 6. The molecule has 32 heavy (non-hydrogen) atoms. The third-order valence-corrected chi connectivity index (χ3v) is 6.10. The SMILES string of the molecule is COc1ccccc1[C@@H]1C(C(=O)C(C)C)=C([O-])C(=O)N1c1ccc(-c2ccsc2)cc1.[Na+]. The number of methoxy groups -OCH3 is 1. The Hall–Kier alpha value is -2.38. The summed E-state index contributed by atoms with van der Waals surface area (Å²) >= 11 is 1.61. The molecule has 158 valence electrons. The number of Topliss-reactive ketones (excluding diaryl/α,β-unsaturated/α-hetero) is 1. The maximum Gasteiger partial charge on any atom is 1.00 e. The van der Waals surface area contributed by atoms with Crippen molar-refractivity contribution in [3.8, 4) is 16.9 Å². The van der Waals surface area contributed by atoms with E-state index in [1.807, 2.05) is 47.2 Å². The standard InChI is InChI=1S/C25H23NO4S.Na/c1-15(2)23(27)21-22(19-6-4-5-7-20(19)30-3)26(25(29)24(21)28)18-10-8-16(9-11-18)17-12-13-31-14-17;/h4-15,22,28H,1-3H3;/q;+1/p-1/t22-;/m1./s1. The number of para-hydroxylation sites is 1. The van der Waals surface area contributed by atoms with Gasteiger partial charge in [-0.1, -0.05) is 44.2 Å². The Morgan fingerprint density at radius 1 is 1.06 bits per heavy atom. The summed E-state index contributed by atoms with van der Waals surface area (Å²) in [4.78, 5) is 27.5. The molecule has 1 atom stereocenters. The van der Waals surface area contributed by atoms with E-state index in [0.29, 0.717) is 17.0 Å². The Balaban J connectivity index is 0.00000289. The number of hydrogen-bond donors (Lipinski definition) is 0. The van der Waals surface area contributed by atoms with Crippen LogP contribution in [-0.2, 0) is 9.59 Å². The van der Waals surface area contributed by atoms with Crippen LogP contribution in [0.4, 0.5) is 5.69 Å². The van der Waals surface area contributed by atoms with Gasteiger partial charge in [-0.15, -0.1) is 0 Å². The molecule has 0 aliphatic carbocycles. The number of carbonyl (C=O) groups excluding carboxylic acids is 2. The summed E-state index contributed by atoms with van der Waals surface area (Å²) in [5.41, 5.74) is 3.25. The Labute approximate surface area is 213 Å². The van der Waals surface area contributed by atoms with Gasteiger partial charge in [0.1, 0.15) is 5.75 Å². The number of benzene rings is 2. The maximum absolute atomic E-state index is 13.1. The fraction of sp³-hybridized carbons (Fsp3) is 0.200. The number of thiophene rings is 1. The summed E-state index contributed by atoms with van der Waals surface area (Å²) in [6, 6.07) is 15.8. The summed E-state index contributed by atoms with van der Waals surface area (Å²) in [7, 11) is 1.53. The van der Waals surface area contributed by atoms with Crippen molar-refractivity contribution in [2.75, 3.05) is 12.0 Å². The smallest absolute Gasteiger partial charge is 0.868 e. The number of carbonyl (C=O) groups is 2. The van der Waals surface area contributed by atoms with E-state index >= 15 is 0 Å². The van der Waals surface area contributed by atoms with Gasteiger partial charge in [-0.3, -0.25) is 14.5 Å². The van der Waals surface area contributed by atoms with Crippen molar-refractivity contribution in [2.24, 2.45) is 5.92 Å². The van der Waals surface area contributed by atoms with Gasteiger partial charge in [-0.25, -0.2) is 0 Å². The monoisotopic (exact) mass is 455 g/mol. The molecular weight excluding hydrogens is 433 g/mol. The van der Waals surface area contributed by atoms with E-state index in [2.05, 4.69) is 0 Å². The number of amides is 1. The van der Waals surface area contributed by atoms with Gasteiger partial charge in [-0.05, 0) is 51.9 Å². The van der Waals surface area contributed by atoms with Crippen LogP contribution in [-0.4, -0.2) is 18.8 Å². The summed E-state index contributed by atoms with van der Waals surface area (Å²) in [5, 5.41) is 17.0. The molecule has 7 heteroatoms. The Bertz CT molecular complexity index is 1150. The van der Waals surface area contributed by atoms with Crippen LogP contribution in [0.2, 0.25) is 0 Å². The van der Waals surface area contributed by atoms with E-state index in [0.717, 1.165) is 11.1 Å². The van der Waals surface area contributed by atoms with E-state index in [9.17, 15) is 14.7 Å². The Morgan fingerprint density at radius 2 is 1.75 bits per heavy atom. The molecule has 1 aliphatic heterocycles. The van der Waals surface area contributed by atoms with Gasteiger partial charge in [0.15, 0.2) is 5.78 Å². The largest absolute Gasteiger partial charge is 1.00 e. The summed E-state index contributed by atoms with van der Waals surface area (Å²) < 4.78 is 5.50. The molecule has 2 heterocycles. The van der Waals surface area contributed by atoms with Crippen LogP contribution in [0.1, 0.15) is 25.5 Å². The van der Waals surface area contributed by atoms with Crippen LogP contribution in [0, 0.1) is 5.92 Å². The predicted octanol–water partition coefficient (Wildman–Crippen LogP) is 1.36. The molecule has 1 aliphatic rings. The van der Waals surface area contributed by atoms with Crippen LogP contribution in [0.15, 0.2) is 76.7 Å². The third-order valence-electron chi connectivity index (χ3n) is 5.41. The molecule has 2 aromatic carbocycles. The van der Waals surface area contributed by atoms with Gasteiger partial charge < -0.3 is 9.84 Å². The van der Waals surface area contributed by atoms with E-state index in [1.54, 1.807) is 43.4 Å². The number of nitrogens with zero attached hydrogens (tertiary/aromatic N) is 1. The van der Waals surface area contributed by atoms with Crippen molar-refractivity contribution >= 4 is 28.7 Å². The maximum atomic E-state index is 13.1. The average Bonchev–Trinajstić information content (AvgIpc) is 3.41. The third kappa shape index (κ3) is 4.28. The van der Waals surface area contributed by atoms with Crippen molar-refractivity contribution in [2.45, 2.75) is 19.9 Å². The first kappa shape index (κ1) is 24.3. The number of anilines is 1. The zero-order valence-electron chi connectivity index (χ0n) is 18.5. The zero-order valence-corrected chi connectivity index (χ0v) is 21.3. The molecule has 3 aromatic rings. The minimum Gasteiger partial charge on any atom is -0.868 e. The topological polar surface area (TPSA) is 69.7 Å². The molecule has 0 unspecified atom stereocenters. The molecular formula is C25H22NNaO4S. The van der Waals surface area contributed by atoms with Crippen molar-refractivity contribution < 1.29 is 49.0 Å². The van der Waals surface area contributed by atoms with Gasteiger partial charge in [0.2, 0.25) is 5.91 Å². The van der Waals surface area contributed by atoms with Crippen molar-refractivity contribution in [3.63, 3.8) is 0 Å². The fourth-order valence-corrected chi connectivity index (χ4v) is 4.51. The van der Waals surface area contributed by atoms with Gasteiger partial charge >= 0.3 is 29.6 Å². The van der Waals surface area contributed by atoms with Gasteiger partial charge in [-0.2, -0.15) is 11.3 Å². The molecule has 0 radical (unpaired) electrons. The Morgan fingerprint density at radius 3 is 2.34 bits per heavy atom. The number of hydrogen-bond acceptors (Lipinski definition) is 5. The van der Waals surface area contributed by atoms with Crippen molar-refractivity contribution in [3.05, 3.63) is 82.3 Å². The van der Waals surface area contributed by atoms with Crippen molar-refractivity contribution in [1.82, 2.24) is 0 Å². The summed E-state index contributed by atoms with van der Waals surface area (Å²) in [5.74, 6) is -1.68. The van der Waals surface area contributed by atoms with E-state index in [1.165, 1.54) is 12.0 Å². The van der Waals surface area contributed by atoms with Crippen LogP contribution in [0.5, 0.6) is 5.75 Å². The van der Waals surface area contributed by atoms with E-state index in [-0.39, 0.29) is 40.9 Å².